The van der Waals surface area contributed by atoms with E-state index in [1.807, 2.05) is 6.26 Å². The number of hydrogen-bond acceptors (Lipinski definition) is 7. The van der Waals surface area contributed by atoms with Gasteiger partial charge in [0, 0.05) is 0 Å². The summed E-state index contributed by atoms with van der Waals surface area (Å²) >= 11 is 7.18. The largest absolute Gasteiger partial charge is 0.382 e. The van der Waals surface area contributed by atoms with E-state index in [0.717, 1.165) is 0 Å². The average molecular weight is 275 g/mol. The van der Waals surface area contributed by atoms with Gasteiger partial charge in [0.05, 0.1) is 0 Å². The van der Waals surface area contributed by atoms with Gasteiger partial charge in [-0.1, -0.05) is 11.6 Å². The Morgan fingerprint density at radius 1 is 1.41 bits per heavy atom. The van der Waals surface area contributed by atoms with E-state index in [1.54, 1.807) is 0 Å². The molecule has 1 aliphatic rings. The van der Waals surface area contributed by atoms with Gasteiger partial charge in [0.15, 0.2) is 22.5 Å². The molecule has 0 bridgehead atoms. The topological polar surface area (TPSA) is 124 Å². The number of halogens is 1. The van der Waals surface area contributed by atoms with Gasteiger partial charge in [0.1, 0.15) is 11.5 Å². The van der Waals surface area contributed by atoms with Crippen molar-refractivity contribution in [2.24, 2.45) is 5.73 Å². The van der Waals surface area contributed by atoms with Crippen molar-refractivity contribution in [2.45, 2.75) is 11.5 Å². The SMILES string of the molecule is CSC1C(N)N1C(=O)c1nc(Cl)c(N)nc1N. The van der Waals surface area contributed by atoms with Crippen LogP contribution in [0.3, 0.4) is 0 Å². The van der Waals surface area contributed by atoms with E-state index >= 15 is 0 Å². The maximum absolute atomic E-state index is 12.0. The maximum Gasteiger partial charge on any atom is 0.278 e. The number of nitrogens with two attached hydrogens (primary N) is 3. The fraction of sp³-hybridized carbons (Fsp3) is 0.375. The summed E-state index contributed by atoms with van der Waals surface area (Å²) in [5, 5.41) is -0.0984. The Morgan fingerprint density at radius 2 is 2.06 bits per heavy atom. The molecule has 1 aromatic rings. The monoisotopic (exact) mass is 274 g/mol. The summed E-state index contributed by atoms with van der Waals surface area (Å²) in [6, 6.07) is 0. The van der Waals surface area contributed by atoms with E-state index in [2.05, 4.69) is 9.97 Å². The number of thioether (sulfide) groups is 1. The first-order valence-electron chi connectivity index (χ1n) is 4.67. The zero-order valence-electron chi connectivity index (χ0n) is 8.92. The van der Waals surface area contributed by atoms with E-state index in [9.17, 15) is 4.79 Å². The molecule has 1 saturated heterocycles. The highest BCUT2D eigenvalue weighted by Gasteiger charge is 2.49. The summed E-state index contributed by atoms with van der Waals surface area (Å²) in [6.07, 6.45) is 1.54. The number of anilines is 2. The second-order valence-electron chi connectivity index (χ2n) is 3.46. The van der Waals surface area contributed by atoms with Crippen LogP contribution in [-0.4, -0.2) is 38.6 Å². The number of carbonyl (C=O) groups is 1. The van der Waals surface area contributed by atoms with Gasteiger partial charge in [-0.3, -0.25) is 4.79 Å². The lowest BCUT2D eigenvalue weighted by Gasteiger charge is -2.06. The first-order valence-corrected chi connectivity index (χ1v) is 6.33. The van der Waals surface area contributed by atoms with Gasteiger partial charge in [0.25, 0.3) is 5.91 Å². The summed E-state index contributed by atoms with van der Waals surface area (Å²) in [4.78, 5) is 21.1. The van der Waals surface area contributed by atoms with Crippen LogP contribution in [0.25, 0.3) is 0 Å². The number of nitrogen functional groups attached to an aromatic ring is 2. The van der Waals surface area contributed by atoms with Crippen LogP contribution in [0.2, 0.25) is 5.15 Å². The smallest absolute Gasteiger partial charge is 0.278 e. The highest BCUT2D eigenvalue weighted by molar-refractivity contribution is 7.99. The predicted molar refractivity (Wildman–Crippen MR) is 67.3 cm³/mol. The van der Waals surface area contributed by atoms with Gasteiger partial charge in [-0.25, -0.2) is 9.97 Å². The zero-order chi connectivity index (χ0) is 12.7. The van der Waals surface area contributed by atoms with E-state index in [1.165, 1.54) is 16.7 Å². The standard InChI is InChI=1S/C8H11ClN6OS/c1-17-8-6(12)15(8)7(16)2-4(10)14-5(11)3(9)13-2/h6,8H,12H2,1H3,(H4,10,11,14). The van der Waals surface area contributed by atoms with Gasteiger partial charge in [-0.05, 0) is 6.26 Å². The highest BCUT2D eigenvalue weighted by atomic mass is 35.5. The van der Waals surface area contributed by atoms with Crippen LogP contribution in [0.1, 0.15) is 10.5 Å². The molecule has 1 aliphatic heterocycles. The Kier molecular flexibility index (Phi) is 3.02. The number of rotatable bonds is 2. The molecule has 1 aromatic heterocycles. The summed E-state index contributed by atoms with van der Waals surface area (Å²) in [5.41, 5.74) is 16.7. The molecule has 7 nitrogen and oxygen atoms in total. The second kappa shape index (κ2) is 4.21. The molecule has 0 aliphatic carbocycles. The van der Waals surface area contributed by atoms with Crippen molar-refractivity contribution in [1.29, 1.82) is 0 Å². The fourth-order valence-electron chi connectivity index (χ4n) is 1.45. The van der Waals surface area contributed by atoms with Crippen LogP contribution in [0.4, 0.5) is 11.6 Å². The van der Waals surface area contributed by atoms with Crippen molar-refractivity contribution >= 4 is 40.9 Å². The van der Waals surface area contributed by atoms with Crippen molar-refractivity contribution in [3.8, 4) is 0 Å². The van der Waals surface area contributed by atoms with Crippen molar-refractivity contribution in [2.75, 3.05) is 17.7 Å². The number of hydrogen-bond donors (Lipinski definition) is 3. The first-order chi connectivity index (χ1) is 7.97. The van der Waals surface area contributed by atoms with Crippen LogP contribution >= 0.6 is 23.4 Å². The number of amides is 1. The molecule has 0 radical (unpaired) electrons. The summed E-state index contributed by atoms with van der Waals surface area (Å²) in [7, 11) is 0. The van der Waals surface area contributed by atoms with Crippen molar-refractivity contribution in [3.05, 3.63) is 10.8 Å². The molecule has 92 valence electrons. The predicted octanol–water partition coefficient (Wildman–Crippen LogP) is -0.276. The third-order valence-electron chi connectivity index (χ3n) is 2.38. The fourth-order valence-corrected chi connectivity index (χ4v) is 2.38. The van der Waals surface area contributed by atoms with Gasteiger partial charge in [0.2, 0.25) is 0 Å². The lowest BCUT2D eigenvalue weighted by atomic mass is 10.4. The Hall–Kier alpha value is -1.25. The third kappa shape index (κ3) is 1.99. The number of aromatic nitrogens is 2. The highest BCUT2D eigenvalue weighted by Crippen LogP contribution is 2.34. The normalized spacial score (nSPS) is 22.6. The van der Waals surface area contributed by atoms with Gasteiger partial charge >= 0.3 is 0 Å². The van der Waals surface area contributed by atoms with E-state index in [0.29, 0.717) is 0 Å². The Bertz CT molecular complexity index is 483. The Morgan fingerprint density at radius 3 is 2.59 bits per heavy atom. The lowest BCUT2D eigenvalue weighted by Crippen LogP contribution is -2.21. The van der Waals surface area contributed by atoms with E-state index in [4.69, 9.17) is 28.8 Å². The summed E-state index contributed by atoms with van der Waals surface area (Å²) in [6.45, 7) is 0. The molecule has 9 heteroatoms. The molecular weight excluding hydrogens is 264 g/mol. The second-order valence-corrected chi connectivity index (χ2v) is 4.78. The number of nitrogens with zero attached hydrogens (tertiary/aromatic N) is 3. The molecule has 0 aromatic carbocycles. The Balaban J connectivity index is 2.30. The van der Waals surface area contributed by atoms with Crippen LogP contribution in [0, 0.1) is 0 Å². The molecule has 6 N–H and O–H groups in total. The quantitative estimate of drug-likeness (QED) is 0.634. The molecule has 0 saturated carbocycles. The Labute approximate surface area is 107 Å². The molecule has 2 atom stereocenters. The van der Waals surface area contributed by atoms with Crippen LogP contribution in [0.15, 0.2) is 0 Å². The van der Waals surface area contributed by atoms with Crippen LogP contribution < -0.4 is 17.2 Å². The van der Waals surface area contributed by atoms with Gasteiger partial charge in [-0.2, -0.15) is 0 Å². The lowest BCUT2D eigenvalue weighted by molar-refractivity contribution is 0.0868. The molecule has 0 spiro atoms. The van der Waals surface area contributed by atoms with Gasteiger partial charge in [-0.15, -0.1) is 11.8 Å². The van der Waals surface area contributed by atoms with Crippen LogP contribution in [-0.2, 0) is 0 Å². The molecular formula is C8H11ClN6OS. The van der Waals surface area contributed by atoms with Crippen molar-refractivity contribution in [1.82, 2.24) is 14.9 Å². The molecule has 2 unspecified atom stereocenters. The van der Waals surface area contributed by atoms with Crippen molar-refractivity contribution in [3.63, 3.8) is 0 Å². The zero-order valence-corrected chi connectivity index (χ0v) is 10.5. The van der Waals surface area contributed by atoms with E-state index < -0.39 is 0 Å². The molecule has 2 rings (SSSR count). The van der Waals surface area contributed by atoms with Crippen molar-refractivity contribution < 1.29 is 4.79 Å². The molecule has 17 heavy (non-hydrogen) atoms. The molecule has 1 amide bonds. The average Bonchev–Trinajstić information content (AvgIpc) is 2.93. The number of carbonyl (C=O) groups excluding carboxylic acids is 1. The van der Waals surface area contributed by atoms with E-state index in [-0.39, 0.29) is 39.9 Å². The summed E-state index contributed by atoms with van der Waals surface area (Å²) < 4.78 is 0. The first kappa shape index (κ1) is 12.2. The minimum atomic E-state index is -0.385. The summed E-state index contributed by atoms with van der Waals surface area (Å²) in [5.74, 6) is -0.433. The third-order valence-corrected chi connectivity index (χ3v) is 3.65. The molecule has 1 fully saturated rings. The minimum absolute atomic E-state index is 0.00257. The maximum atomic E-state index is 12.0. The van der Waals surface area contributed by atoms with Gasteiger partial charge < -0.3 is 22.1 Å². The van der Waals surface area contributed by atoms with Crippen LogP contribution in [0.5, 0.6) is 0 Å². The minimum Gasteiger partial charge on any atom is -0.382 e. The molecule has 2 heterocycles.